The summed E-state index contributed by atoms with van der Waals surface area (Å²) in [6.07, 6.45) is 1.58. The lowest BCUT2D eigenvalue weighted by Crippen LogP contribution is -2.24. The first-order chi connectivity index (χ1) is 16.0. The summed E-state index contributed by atoms with van der Waals surface area (Å²) in [5, 5.41) is 13.8. The van der Waals surface area contributed by atoms with Crippen molar-refractivity contribution in [1.29, 1.82) is 0 Å². The lowest BCUT2D eigenvalue weighted by molar-refractivity contribution is -0.0374. The van der Waals surface area contributed by atoms with Gasteiger partial charge in [0.15, 0.2) is 0 Å². The van der Waals surface area contributed by atoms with Crippen LogP contribution in [0.25, 0.3) is 16.6 Å². The van der Waals surface area contributed by atoms with Gasteiger partial charge in [0.2, 0.25) is 0 Å². The fourth-order valence-corrected chi connectivity index (χ4v) is 3.81. The minimum Gasteiger partial charge on any atom is -0.380 e. The number of nitrogens with one attached hydrogen (secondary N) is 1. The van der Waals surface area contributed by atoms with Crippen LogP contribution in [0.1, 0.15) is 35.1 Å². The molecule has 1 heterocycles. The van der Waals surface area contributed by atoms with Crippen molar-refractivity contribution in [3.05, 3.63) is 100 Å². The summed E-state index contributed by atoms with van der Waals surface area (Å²) >= 11 is 0. The molecular weight excluding hydrogens is 416 g/mol. The number of carbonyl (C=O) groups is 1. The molecular formula is C26H26N4O3. The number of aromatic nitrogens is 2. The Balaban J connectivity index is 1.70. The van der Waals surface area contributed by atoms with Gasteiger partial charge in [0.05, 0.1) is 16.6 Å². The van der Waals surface area contributed by atoms with Gasteiger partial charge in [-0.2, -0.15) is 0 Å². The third-order valence-electron chi connectivity index (χ3n) is 5.43. The zero-order chi connectivity index (χ0) is 23.4. The van der Waals surface area contributed by atoms with Gasteiger partial charge in [-0.25, -0.2) is 10.0 Å². The molecule has 0 bridgehead atoms. The maximum Gasteiger partial charge on any atom is 0.276 e. The number of fused-ring (bicyclic) bond motifs is 1. The second-order valence-electron chi connectivity index (χ2n) is 7.83. The van der Waals surface area contributed by atoms with Crippen LogP contribution in [0.3, 0.4) is 0 Å². The molecule has 2 N–H and O–H groups in total. The number of hydrogen-bond donors (Lipinski definition) is 2. The lowest BCUT2D eigenvalue weighted by atomic mass is 10.1. The molecule has 3 aromatic carbocycles. The van der Waals surface area contributed by atoms with E-state index < -0.39 is 5.91 Å². The average Bonchev–Trinajstić information content (AvgIpc) is 2.83. The molecule has 0 atom stereocenters. The average molecular weight is 443 g/mol. The van der Waals surface area contributed by atoms with E-state index >= 15 is 0 Å². The largest absolute Gasteiger partial charge is 0.380 e. The van der Waals surface area contributed by atoms with Crippen LogP contribution in [0.15, 0.2) is 77.6 Å². The first-order valence-corrected chi connectivity index (χ1v) is 10.9. The van der Waals surface area contributed by atoms with E-state index in [-0.39, 0.29) is 5.56 Å². The first kappa shape index (κ1) is 22.2. The minimum absolute atomic E-state index is 0.107. The van der Waals surface area contributed by atoms with Crippen molar-refractivity contribution in [2.75, 3.05) is 12.4 Å². The predicted octanol–water partition coefficient (Wildman–Crippen LogP) is 4.41. The Labute approximate surface area is 191 Å². The first-order valence-electron chi connectivity index (χ1n) is 10.9. The predicted molar refractivity (Wildman–Crippen MR) is 129 cm³/mol. The Kier molecular flexibility index (Phi) is 6.51. The van der Waals surface area contributed by atoms with Crippen molar-refractivity contribution in [3.63, 3.8) is 0 Å². The van der Waals surface area contributed by atoms with Crippen molar-refractivity contribution >= 4 is 22.5 Å². The van der Waals surface area contributed by atoms with Gasteiger partial charge in [-0.1, -0.05) is 43.3 Å². The Morgan fingerprint density at radius 1 is 1.03 bits per heavy atom. The zero-order valence-electron chi connectivity index (χ0n) is 18.7. The van der Waals surface area contributed by atoms with Crippen molar-refractivity contribution < 1.29 is 10.0 Å². The number of nitrogens with zero attached hydrogens (tertiary/aromatic N) is 3. The highest BCUT2D eigenvalue weighted by Crippen LogP contribution is 2.22. The number of rotatable bonds is 7. The number of benzene rings is 3. The van der Waals surface area contributed by atoms with Gasteiger partial charge in [-0.05, 0) is 48.4 Å². The molecule has 0 saturated carbocycles. The summed E-state index contributed by atoms with van der Waals surface area (Å²) in [5.74, 6) is 0.270. The summed E-state index contributed by atoms with van der Waals surface area (Å²) in [4.78, 5) is 30.3. The van der Waals surface area contributed by atoms with Gasteiger partial charge in [0.1, 0.15) is 5.82 Å². The molecule has 0 fully saturated rings. The number of hydroxylamine groups is 2. The molecule has 4 aromatic rings. The van der Waals surface area contributed by atoms with E-state index in [0.29, 0.717) is 40.2 Å². The van der Waals surface area contributed by atoms with Gasteiger partial charge >= 0.3 is 0 Å². The van der Waals surface area contributed by atoms with E-state index in [0.717, 1.165) is 23.5 Å². The summed E-state index contributed by atoms with van der Waals surface area (Å²) in [7, 11) is 1.29. The van der Waals surface area contributed by atoms with Gasteiger partial charge in [0.25, 0.3) is 11.5 Å². The number of hydrogen-bond acceptors (Lipinski definition) is 5. The summed E-state index contributed by atoms with van der Waals surface area (Å²) in [5.41, 5.74) is 3.38. The fourth-order valence-electron chi connectivity index (χ4n) is 3.81. The van der Waals surface area contributed by atoms with Crippen LogP contribution in [0, 0.1) is 0 Å². The number of para-hydroxylation sites is 1. The number of amides is 1. The Hall–Kier alpha value is -3.97. The Morgan fingerprint density at radius 3 is 2.42 bits per heavy atom. The van der Waals surface area contributed by atoms with E-state index in [9.17, 15) is 14.8 Å². The van der Waals surface area contributed by atoms with Crippen molar-refractivity contribution in [2.24, 2.45) is 0 Å². The molecule has 0 aliphatic heterocycles. The molecule has 1 amide bonds. The molecule has 1 aromatic heterocycles. The van der Waals surface area contributed by atoms with E-state index in [4.69, 9.17) is 4.98 Å². The van der Waals surface area contributed by atoms with Gasteiger partial charge < -0.3 is 5.32 Å². The molecule has 0 radical (unpaired) electrons. The number of aryl methyl sites for hydroxylation is 1. The zero-order valence-corrected chi connectivity index (χ0v) is 18.7. The van der Waals surface area contributed by atoms with Crippen molar-refractivity contribution in [3.8, 4) is 5.69 Å². The van der Waals surface area contributed by atoms with E-state index in [2.05, 4.69) is 12.2 Å². The molecule has 0 aliphatic rings. The maximum atomic E-state index is 13.7. The third kappa shape index (κ3) is 4.63. The fraction of sp³-hybridized carbons (Fsp3) is 0.192. The van der Waals surface area contributed by atoms with Crippen molar-refractivity contribution in [2.45, 2.75) is 26.3 Å². The van der Waals surface area contributed by atoms with E-state index in [1.54, 1.807) is 16.7 Å². The minimum atomic E-state index is -0.473. The van der Waals surface area contributed by atoms with Crippen molar-refractivity contribution in [1.82, 2.24) is 14.6 Å². The van der Waals surface area contributed by atoms with Crippen LogP contribution in [0.4, 0.5) is 5.69 Å². The van der Waals surface area contributed by atoms with Crippen LogP contribution in [0.2, 0.25) is 0 Å². The normalized spacial score (nSPS) is 10.9. The van der Waals surface area contributed by atoms with Crippen LogP contribution >= 0.6 is 0 Å². The van der Waals surface area contributed by atoms with Crippen LogP contribution < -0.4 is 10.9 Å². The highest BCUT2D eigenvalue weighted by molar-refractivity contribution is 5.93. The molecule has 168 valence electrons. The summed E-state index contributed by atoms with van der Waals surface area (Å²) < 4.78 is 1.70. The van der Waals surface area contributed by atoms with Crippen LogP contribution in [-0.2, 0) is 13.0 Å². The Morgan fingerprint density at radius 2 is 1.76 bits per heavy atom. The topological polar surface area (TPSA) is 87.5 Å². The smallest absolute Gasteiger partial charge is 0.276 e. The maximum absolute atomic E-state index is 13.7. The highest BCUT2D eigenvalue weighted by atomic mass is 16.5. The monoisotopic (exact) mass is 442 g/mol. The van der Waals surface area contributed by atoms with Gasteiger partial charge in [-0.3, -0.25) is 19.4 Å². The van der Waals surface area contributed by atoms with E-state index in [1.807, 2.05) is 60.7 Å². The summed E-state index contributed by atoms with van der Waals surface area (Å²) in [6, 6.07) is 22.2. The SMILES string of the molecule is CCCc1nc2cccc(NCc3ccc(C(=O)N(C)O)cc3)c2c(=O)n1-c1ccccc1. The third-order valence-corrected chi connectivity index (χ3v) is 5.43. The lowest BCUT2D eigenvalue weighted by Gasteiger charge is -2.16. The molecule has 0 saturated heterocycles. The van der Waals surface area contributed by atoms with Gasteiger partial charge in [0, 0.05) is 31.3 Å². The molecule has 4 rings (SSSR count). The van der Waals surface area contributed by atoms with Gasteiger partial charge in [-0.15, -0.1) is 0 Å². The quantitative estimate of drug-likeness (QED) is 0.327. The number of carbonyl (C=O) groups excluding carboxylic acids is 1. The second-order valence-corrected chi connectivity index (χ2v) is 7.83. The van der Waals surface area contributed by atoms with E-state index in [1.165, 1.54) is 7.05 Å². The second kappa shape index (κ2) is 9.67. The molecule has 0 unspecified atom stereocenters. The molecule has 7 heteroatoms. The molecule has 0 aliphatic carbocycles. The van der Waals surface area contributed by atoms with Crippen LogP contribution in [0.5, 0.6) is 0 Å². The highest BCUT2D eigenvalue weighted by Gasteiger charge is 2.15. The molecule has 33 heavy (non-hydrogen) atoms. The summed E-state index contributed by atoms with van der Waals surface area (Å²) in [6.45, 7) is 2.53. The Bertz CT molecular complexity index is 1330. The van der Waals surface area contributed by atoms with Crippen LogP contribution in [-0.4, -0.2) is 32.8 Å². The standard InChI is InChI=1S/C26H26N4O3/c1-3-8-23-28-22-12-7-11-21(24(22)26(32)30(23)20-9-5-4-6-10-20)27-17-18-13-15-19(16-14-18)25(31)29(2)33/h4-7,9-16,27,33H,3,8,17H2,1-2H3. The molecule has 0 spiro atoms. The molecule has 7 nitrogen and oxygen atoms in total. The number of anilines is 1.